The molecule has 4 heteroatoms. The number of aromatic nitrogens is 2. The summed E-state index contributed by atoms with van der Waals surface area (Å²) in [6.45, 7) is 1.77. The molecule has 0 aliphatic carbocycles. The fourth-order valence-electron chi connectivity index (χ4n) is 1.14. The first-order valence-corrected chi connectivity index (χ1v) is 3.86. The molecule has 0 aliphatic rings. The molecule has 0 amide bonds. The standard InChI is InChI=1S/C8H6ClFN2/c1-4-11-6-3-2-5(9)7(10)8(6)12-4/h2-3H,1H3,(H,11,12). The number of fused-ring (bicyclic) bond motifs is 1. The summed E-state index contributed by atoms with van der Waals surface area (Å²) in [4.78, 5) is 6.86. The van der Waals surface area contributed by atoms with Gasteiger partial charge < -0.3 is 4.98 Å². The molecule has 0 saturated heterocycles. The topological polar surface area (TPSA) is 28.7 Å². The Balaban J connectivity index is 2.89. The molecular weight excluding hydrogens is 179 g/mol. The minimum Gasteiger partial charge on any atom is -0.340 e. The lowest BCUT2D eigenvalue weighted by Crippen LogP contribution is -1.79. The van der Waals surface area contributed by atoms with Crippen molar-refractivity contribution in [3.63, 3.8) is 0 Å². The summed E-state index contributed by atoms with van der Waals surface area (Å²) in [7, 11) is 0. The maximum atomic E-state index is 13.2. The number of benzene rings is 1. The summed E-state index contributed by atoms with van der Waals surface area (Å²) < 4.78 is 13.2. The zero-order valence-electron chi connectivity index (χ0n) is 6.36. The number of rotatable bonds is 0. The van der Waals surface area contributed by atoms with Crippen molar-refractivity contribution in [2.24, 2.45) is 0 Å². The smallest absolute Gasteiger partial charge is 0.167 e. The Bertz CT molecular complexity index is 436. The molecule has 1 N–H and O–H groups in total. The largest absolute Gasteiger partial charge is 0.340 e. The lowest BCUT2D eigenvalue weighted by molar-refractivity contribution is 0.637. The van der Waals surface area contributed by atoms with E-state index in [2.05, 4.69) is 9.97 Å². The van der Waals surface area contributed by atoms with Crippen molar-refractivity contribution in [2.45, 2.75) is 6.92 Å². The van der Waals surface area contributed by atoms with E-state index < -0.39 is 5.82 Å². The van der Waals surface area contributed by atoms with Crippen molar-refractivity contribution < 1.29 is 4.39 Å². The van der Waals surface area contributed by atoms with Crippen LogP contribution < -0.4 is 0 Å². The molecule has 2 aromatic rings. The van der Waals surface area contributed by atoms with Crippen molar-refractivity contribution in [3.8, 4) is 0 Å². The van der Waals surface area contributed by atoms with Crippen LogP contribution in [0.2, 0.25) is 5.02 Å². The Hall–Kier alpha value is -1.09. The van der Waals surface area contributed by atoms with Gasteiger partial charge in [0, 0.05) is 0 Å². The van der Waals surface area contributed by atoms with E-state index in [1.54, 1.807) is 13.0 Å². The number of H-pyrrole nitrogens is 1. The number of hydrogen-bond donors (Lipinski definition) is 1. The van der Waals surface area contributed by atoms with Gasteiger partial charge in [0.15, 0.2) is 5.82 Å². The molecule has 2 nitrogen and oxygen atoms in total. The van der Waals surface area contributed by atoms with Crippen LogP contribution in [0.4, 0.5) is 4.39 Å². The molecule has 2 rings (SSSR count). The normalized spacial score (nSPS) is 10.9. The van der Waals surface area contributed by atoms with Gasteiger partial charge in [0.25, 0.3) is 0 Å². The van der Waals surface area contributed by atoms with E-state index in [-0.39, 0.29) is 5.02 Å². The molecule has 0 spiro atoms. The first kappa shape index (κ1) is 7.55. The quantitative estimate of drug-likeness (QED) is 0.670. The molecule has 1 heterocycles. The molecule has 62 valence electrons. The van der Waals surface area contributed by atoms with E-state index in [0.717, 1.165) is 0 Å². The van der Waals surface area contributed by atoms with Crippen LogP contribution >= 0.6 is 11.6 Å². The summed E-state index contributed by atoms with van der Waals surface area (Å²) in [5.74, 6) is 0.251. The Kier molecular flexibility index (Phi) is 1.54. The van der Waals surface area contributed by atoms with Gasteiger partial charge in [-0.25, -0.2) is 9.37 Å². The van der Waals surface area contributed by atoms with E-state index in [1.165, 1.54) is 6.07 Å². The van der Waals surface area contributed by atoms with Crippen molar-refractivity contribution >= 4 is 22.6 Å². The predicted octanol–water partition coefficient (Wildman–Crippen LogP) is 2.66. The summed E-state index contributed by atoms with van der Waals surface area (Å²) >= 11 is 5.57. The molecule has 0 fully saturated rings. The number of nitrogens with zero attached hydrogens (tertiary/aromatic N) is 1. The Morgan fingerprint density at radius 2 is 2.25 bits per heavy atom. The van der Waals surface area contributed by atoms with Gasteiger partial charge in [-0.2, -0.15) is 0 Å². The van der Waals surface area contributed by atoms with Gasteiger partial charge in [0.2, 0.25) is 0 Å². The highest BCUT2D eigenvalue weighted by Crippen LogP contribution is 2.22. The number of hydrogen-bond acceptors (Lipinski definition) is 1. The molecule has 0 saturated carbocycles. The number of halogens is 2. The van der Waals surface area contributed by atoms with E-state index in [1.807, 2.05) is 0 Å². The van der Waals surface area contributed by atoms with E-state index in [4.69, 9.17) is 11.6 Å². The number of aromatic amines is 1. The number of nitrogens with one attached hydrogen (secondary N) is 1. The van der Waals surface area contributed by atoms with Gasteiger partial charge in [-0.1, -0.05) is 11.6 Å². The predicted molar refractivity (Wildman–Crippen MR) is 45.8 cm³/mol. The lowest BCUT2D eigenvalue weighted by Gasteiger charge is -1.92. The van der Waals surface area contributed by atoms with Crippen molar-refractivity contribution in [2.75, 3.05) is 0 Å². The fourth-order valence-corrected chi connectivity index (χ4v) is 1.30. The fraction of sp³-hybridized carbons (Fsp3) is 0.125. The summed E-state index contributed by atoms with van der Waals surface area (Å²) in [6.07, 6.45) is 0. The number of imidazole rings is 1. The molecule has 0 radical (unpaired) electrons. The van der Waals surface area contributed by atoms with Crippen LogP contribution in [0.3, 0.4) is 0 Å². The monoisotopic (exact) mass is 184 g/mol. The van der Waals surface area contributed by atoms with Crippen LogP contribution in [0.1, 0.15) is 5.82 Å². The van der Waals surface area contributed by atoms with Crippen LogP contribution in [-0.2, 0) is 0 Å². The van der Waals surface area contributed by atoms with Crippen molar-refractivity contribution in [1.82, 2.24) is 9.97 Å². The molecule has 1 aromatic heterocycles. The first-order valence-electron chi connectivity index (χ1n) is 3.49. The second-order valence-electron chi connectivity index (χ2n) is 2.58. The van der Waals surface area contributed by atoms with Gasteiger partial charge in [-0.05, 0) is 19.1 Å². The highest BCUT2D eigenvalue weighted by molar-refractivity contribution is 6.31. The summed E-state index contributed by atoms with van der Waals surface area (Å²) in [5, 5.41) is 0.117. The van der Waals surface area contributed by atoms with E-state index in [9.17, 15) is 4.39 Å². The van der Waals surface area contributed by atoms with Crippen LogP contribution in [0.15, 0.2) is 12.1 Å². The molecule has 0 unspecified atom stereocenters. The Labute approximate surface area is 73.4 Å². The van der Waals surface area contributed by atoms with Crippen LogP contribution in [0.5, 0.6) is 0 Å². The molecule has 0 aliphatic heterocycles. The maximum absolute atomic E-state index is 13.2. The molecule has 0 atom stereocenters. The third-order valence-electron chi connectivity index (χ3n) is 1.67. The molecule has 0 bridgehead atoms. The highest BCUT2D eigenvalue weighted by atomic mass is 35.5. The van der Waals surface area contributed by atoms with Crippen LogP contribution in [0.25, 0.3) is 11.0 Å². The second-order valence-corrected chi connectivity index (χ2v) is 2.98. The SMILES string of the molecule is Cc1nc2ccc(Cl)c(F)c2[nH]1. The van der Waals surface area contributed by atoms with E-state index in [0.29, 0.717) is 16.9 Å². The molecular formula is C8H6ClFN2. The minimum absolute atomic E-state index is 0.117. The third-order valence-corrected chi connectivity index (χ3v) is 1.96. The maximum Gasteiger partial charge on any atom is 0.167 e. The van der Waals surface area contributed by atoms with Gasteiger partial charge in [-0.3, -0.25) is 0 Å². The zero-order valence-corrected chi connectivity index (χ0v) is 7.11. The van der Waals surface area contributed by atoms with Gasteiger partial charge in [0.1, 0.15) is 11.3 Å². The van der Waals surface area contributed by atoms with Gasteiger partial charge in [0.05, 0.1) is 10.5 Å². The second kappa shape index (κ2) is 2.45. The summed E-state index contributed by atoms with van der Waals surface area (Å²) in [6, 6.07) is 3.18. The van der Waals surface area contributed by atoms with Crippen molar-refractivity contribution in [3.05, 3.63) is 28.8 Å². The van der Waals surface area contributed by atoms with Crippen LogP contribution in [0, 0.1) is 12.7 Å². The number of aryl methyl sites for hydroxylation is 1. The molecule has 12 heavy (non-hydrogen) atoms. The van der Waals surface area contributed by atoms with Crippen molar-refractivity contribution in [1.29, 1.82) is 0 Å². The highest BCUT2D eigenvalue weighted by Gasteiger charge is 2.07. The lowest BCUT2D eigenvalue weighted by atomic mass is 10.3. The average molecular weight is 185 g/mol. The minimum atomic E-state index is -0.435. The average Bonchev–Trinajstić information content (AvgIpc) is 2.39. The summed E-state index contributed by atoms with van der Waals surface area (Å²) in [5.41, 5.74) is 0.981. The Morgan fingerprint density at radius 3 is 3.00 bits per heavy atom. The first-order chi connectivity index (χ1) is 5.68. The zero-order chi connectivity index (χ0) is 8.72. The van der Waals surface area contributed by atoms with Crippen LogP contribution in [-0.4, -0.2) is 9.97 Å². The van der Waals surface area contributed by atoms with Gasteiger partial charge >= 0.3 is 0 Å². The Morgan fingerprint density at radius 1 is 1.50 bits per heavy atom. The van der Waals surface area contributed by atoms with E-state index >= 15 is 0 Å². The third kappa shape index (κ3) is 0.975. The van der Waals surface area contributed by atoms with Gasteiger partial charge in [-0.15, -0.1) is 0 Å². The molecule has 1 aromatic carbocycles.